The van der Waals surface area contributed by atoms with E-state index in [-0.39, 0.29) is 11.3 Å². The Bertz CT molecular complexity index is 1480. The summed E-state index contributed by atoms with van der Waals surface area (Å²) in [5, 5.41) is 15.1. The van der Waals surface area contributed by atoms with E-state index >= 15 is 0 Å². The maximum absolute atomic E-state index is 12.4. The molecule has 0 fully saturated rings. The van der Waals surface area contributed by atoms with Gasteiger partial charge >= 0.3 is 0 Å². The third-order valence-electron chi connectivity index (χ3n) is 6.76. The van der Waals surface area contributed by atoms with Crippen molar-refractivity contribution >= 4 is 10.9 Å². The molecule has 0 radical (unpaired) electrons. The standard InChI is InChI=1S/C27H29N3O5/c1-15-26(31)20-7-8-35-24-12-22-17(10-21(24)25(20)29-27(15)32)9-18(30(22)2)14-28-13-16-5-6-19(33-3)11-23(16)34-4/h5-6,9-12,28H,7-8,13-14H2,1-4H3,(H2,29,31,32). The van der Waals surface area contributed by atoms with E-state index in [4.69, 9.17) is 14.2 Å². The number of aromatic amines is 1. The number of rotatable bonds is 6. The van der Waals surface area contributed by atoms with E-state index in [0.717, 1.165) is 39.2 Å². The van der Waals surface area contributed by atoms with Crippen molar-refractivity contribution in [3.63, 3.8) is 0 Å². The number of H-pyrrole nitrogens is 1. The molecule has 0 saturated heterocycles. The summed E-state index contributed by atoms with van der Waals surface area (Å²) in [6.07, 6.45) is 0.522. The highest BCUT2D eigenvalue weighted by atomic mass is 16.5. The first-order valence-corrected chi connectivity index (χ1v) is 11.5. The third-order valence-corrected chi connectivity index (χ3v) is 6.76. The first-order chi connectivity index (χ1) is 16.9. The SMILES string of the molecule is COc1ccc(CNCc2cc3cc4c(cc3n2C)OCCc2c-4[nH]c(=O)c(C)c2O)c(OC)c1. The van der Waals surface area contributed by atoms with E-state index in [1.807, 2.05) is 37.4 Å². The number of hydrogen-bond donors (Lipinski definition) is 3. The van der Waals surface area contributed by atoms with Crippen molar-refractivity contribution in [3.05, 3.63) is 69.1 Å². The summed E-state index contributed by atoms with van der Waals surface area (Å²) >= 11 is 0. The van der Waals surface area contributed by atoms with Gasteiger partial charge in [0.2, 0.25) is 0 Å². The van der Waals surface area contributed by atoms with Crippen molar-refractivity contribution in [2.75, 3.05) is 20.8 Å². The van der Waals surface area contributed by atoms with Gasteiger partial charge in [-0.3, -0.25) is 4.79 Å². The van der Waals surface area contributed by atoms with E-state index in [9.17, 15) is 9.90 Å². The van der Waals surface area contributed by atoms with Crippen LogP contribution in [0.1, 0.15) is 22.4 Å². The fourth-order valence-corrected chi connectivity index (χ4v) is 4.70. The molecule has 2 aromatic heterocycles. The molecule has 0 amide bonds. The van der Waals surface area contributed by atoms with Gasteiger partial charge in [-0.05, 0) is 25.1 Å². The summed E-state index contributed by atoms with van der Waals surface area (Å²) in [6.45, 7) is 3.34. The fraction of sp³-hybridized carbons (Fsp3) is 0.296. The Balaban J connectivity index is 1.45. The number of pyridine rings is 1. The molecule has 0 atom stereocenters. The van der Waals surface area contributed by atoms with Gasteiger partial charge in [-0.2, -0.15) is 0 Å². The number of hydrogen-bond acceptors (Lipinski definition) is 6. The Kier molecular flexibility index (Phi) is 5.90. The summed E-state index contributed by atoms with van der Waals surface area (Å²) < 4.78 is 19.0. The van der Waals surface area contributed by atoms with Gasteiger partial charge in [-0.1, -0.05) is 6.07 Å². The predicted octanol–water partition coefficient (Wildman–Crippen LogP) is 3.79. The van der Waals surface area contributed by atoms with Crippen molar-refractivity contribution in [1.29, 1.82) is 0 Å². The van der Waals surface area contributed by atoms with E-state index < -0.39 is 0 Å². The maximum atomic E-state index is 12.4. The van der Waals surface area contributed by atoms with Crippen LogP contribution in [0.4, 0.5) is 0 Å². The van der Waals surface area contributed by atoms with Gasteiger partial charge in [0, 0.05) is 66.5 Å². The third kappa shape index (κ3) is 4.00. The first kappa shape index (κ1) is 22.9. The molecule has 35 heavy (non-hydrogen) atoms. The molecule has 0 spiro atoms. The molecule has 3 heterocycles. The van der Waals surface area contributed by atoms with E-state index in [1.54, 1.807) is 21.1 Å². The minimum atomic E-state index is -0.291. The van der Waals surface area contributed by atoms with E-state index in [1.165, 1.54) is 0 Å². The van der Waals surface area contributed by atoms with Crippen LogP contribution < -0.4 is 25.1 Å². The highest BCUT2D eigenvalue weighted by molar-refractivity contribution is 5.90. The van der Waals surface area contributed by atoms with Crippen molar-refractivity contribution in [1.82, 2.24) is 14.9 Å². The molecule has 0 aliphatic carbocycles. The lowest BCUT2D eigenvalue weighted by atomic mass is 10.00. The summed E-state index contributed by atoms with van der Waals surface area (Å²) in [5.41, 5.74) is 5.34. The highest BCUT2D eigenvalue weighted by Crippen LogP contribution is 2.40. The monoisotopic (exact) mass is 475 g/mol. The van der Waals surface area contributed by atoms with Crippen LogP contribution in [-0.4, -0.2) is 35.5 Å². The van der Waals surface area contributed by atoms with Crippen LogP contribution in [0.15, 0.2) is 41.2 Å². The minimum Gasteiger partial charge on any atom is -0.507 e. The number of aromatic hydroxyl groups is 1. The van der Waals surface area contributed by atoms with Crippen LogP contribution in [0, 0.1) is 6.92 Å². The molecule has 8 nitrogen and oxygen atoms in total. The number of fused-ring (bicyclic) bond motifs is 4. The molecule has 5 rings (SSSR count). The summed E-state index contributed by atoms with van der Waals surface area (Å²) in [7, 11) is 5.32. The van der Waals surface area contributed by atoms with Gasteiger partial charge in [-0.25, -0.2) is 0 Å². The van der Waals surface area contributed by atoms with Crippen molar-refractivity contribution in [2.45, 2.75) is 26.4 Å². The Morgan fingerprint density at radius 3 is 2.74 bits per heavy atom. The molecule has 8 heteroatoms. The Morgan fingerprint density at radius 2 is 1.97 bits per heavy atom. The smallest absolute Gasteiger partial charge is 0.255 e. The zero-order valence-corrected chi connectivity index (χ0v) is 20.3. The molecule has 4 aromatic rings. The normalized spacial score (nSPS) is 12.6. The number of nitrogens with zero attached hydrogens (tertiary/aromatic N) is 1. The van der Waals surface area contributed by atoms with Crippen LogP contribution in [0.2, 0.25) is 0 Å². The van der Waals surface area contributed by atoms with E-state index in [0.29, 0.717) is 48.7 Å². The van der Waals surface area contributed by atoms with Crippen molar-refractivity contribution in [3.8, 4) is 34.3 Å². The van der Waals surface area contributed by atoms with Gasteiger partial charge in [0.25, 0.3) is 5.56 Å². The fourth-order valence-electron chi connectivity index (χ4n) is 4.70. The Labute approximate surface area is 203 Å². The quantitative estimate of drug-likeness (QED) is 0.393. The second kappa shape index (κ2) is 9.03. The lowest BCUT2D eigenvalue weighted by molar-refractivity contribution is 0.324. The molecule has 2 aromatic carbocycles. The second-order valence-corrected chi connectivity index (χ2v) is 8.76. The molecule has 0 unspecified atom stereocenters. The summed E-state index contributed by atoms with van der Waals surface area (Å²) in [5.74, 6) is 2.28. The lowest BCUT2D eigenvalue weighted by Gasteiger charge is -2.12. The lowest BCUT2D eigenvalue weighted by Crippen LogP contribution is -2.15. The molecule has 3 N–H and O–H groups in total. The van der Waals surface area contributed by atoms with Crippen LogP contribution in [0.25, 0.3) is 22.2 Å². The zero-order chi connectivity index (χ0) is 24.7. The number of methoxy groups -OCH3 is 2. The van der Waals surface area contributed by atoms with Crippen LogP contribution >= 0.6 is 0 Å². The maximum Gasteiger partial charge on any atom is 0.255 e. The average molecular weight is 476 g/mol. The largest absolute Gasteiger partial charge is 0.507 e. The van der Waals surface area contributed by atoms with Crippen LogP contribution in [-0.2, 0) is 26.6 Å². The van der Waals surface area contributed by atoms with E-state index in [2.05, 4.69) is 20.9 Å². The zero-order valence-electron chi connectivity index (χ0n) is 20.3. The number of aryl methyl sites for hydroxylation is 1. The molecule has 182 valence electrons. The highest BCUT2D eigenvalue weighted by Gasteiger charge is 2.23. The molecule has 1 aliphatic heterocycles. The minimum absolute atomic E-state index is 0.0483. The summed E-state index contributed by atoms with van der Waals surface area (Å²) in [4.78, 5) is 15.3. The number of benzene rings is 2. The molecule has 0 saturated carbocycles. The molecular formula is C27H29N3O5. The van der Waals surface area contributed by atoms with Crippen molar-refractivity contribution < 1.29 is 19.3 Å². The van der Waals surface area contributed by atoms with Gasteiger partial charge in [0.15, 0.2) is 0 Å². The Morgan fingerprint density at radius 1 is 1.14 bits per heavy atom. The summed E-state index contributed by atoms with van der Waals surface area (Å²) in [6, 6.07) is 12.0. The first-order valence-electron chi connectivity index (χ1n) is 11.5. The van der Waals surface area contributed by atoms with Gasteiger partial charge in [-0.15, -0.1) is 0 Å². The average Bonchev–Trinajstić information content (AvgIpc) is 3.05. The number of aromatic nitrogens is 2. The number of ether oxygens (including phenoxy) is 3. The van der Waals surface area contributed by atoms with Crippen LogP contribution in [0.3, 0.4) is 0 Å². The molecular weight excluding hydrogens is 446 g/mol. The topological polar surface area (TPSA) is 97.7 Å². The second-order valence-electron chi connectivity index (χ2n) is 8.76. The number of nitrogens with one attached hydrogen (secondary N) is 2. The predicted molar refractivity (Wildman–Crippen MR) is 135 cm³/mol. The Hall–Kier alpha value is -3.91. The van der Waals surface area contributed by atoms with Crippen LogP contribution in [0.5, 0.6) is 23.0 Å². The molecule has 1 aliphatic rings. The van der Waals surface area contributed by atoms with Crippen molar-refractivity contribution in [2.24, 2.45) is 7.05 Å². The molecule has 0 bridgehead atoms. The van der Waals surface area contributed by atoms with Gasteiger partial charge in [0.1, 0.15) is 23.0 Å². The van der Waals surface area contributed by atoms with Gasteiger partial charge in [0.05, 0.1) is 37.6 Å². The van der Waals surface area contributed by atoms with Gasteiger partial charge < -0.3 is 34.2 Å².